The quantitative estimate of drug-likeness (QED) is 0.851. The number of imidazole rings is 1. The van der Waals surface area contributed by atoms with E-state index in [-0.39, 0.29) is 11.6 Å². The molecule has 0 amide bonds. The van der Waals surface area contributed by atoms with Crippen molar-refractivity contribution < 1.29 is 15.0 Å². The number of aromatic hydroxyl groups is 1. The SMILES string of the molecule is CC(C)Cc1nc(C(=O)O)c2cccc(O)n12. The molecule has 0 radical (unpaired) electrons. The van der Waals surface area contributed by atoms with Gasteiger partial charge in [0.2, 0.25) is 0 Å². The normalized spacial score (nSPS) is 11.2. The van der Waals surface area contributed by atoms with Crippen molar-refractivity contribution >= 4 is 11.5 Å². The van der Waals surface area contributed by atoms with E-state index < -0.39 is 5.97 Å². The second kappa shape index (κ2) is 4.08. The standard InChI is InChI=1S/C12H14N2O3/c1-7(2)6-9-13-11(12(16)17)8-4-3-5-10(15)14(8)9/h3-5,7,15H,6H2,1-2H3,(H,16,17). The summed E-state index contributed by atoms with van der Waals surface area (Å²) in [5, 5.41) is 18.9. The molecule has 2 aromatic rings. The molecule has 2 heterocycles. The summed E-state index contributed by atoms with van der Waals surface area (Å²) in [6, 6.07) is 4.77. The van der Waals surface area contributed by atoms with Gasteiger partial charge in [0.1, 0.15) is 5.82 Å². The Bertz CT molecular complexity index is 572. The zero-order chi connectivity index (χ0) is 12.6. The monoisotopic (exact) mass is 234 g/mol. The summed E-state index contributed by atoms with van der Waals surface area (Å²) in [6.45, 7) is 4.03. The van der Waals surface area contributed by atoms with Crippen molar-refractivity contribution in [1.82, 2.24) is 9.38 Å². The first-order chi connectivity index (χ1) is 8.00. The average molecular weight is 234 g/mol. The third kappa shape index (κ3) is 1.95. The van der Waals surface area contributed by atoms with Crippen LogP contribution < -0.4 is 0 Å². The first-order valence-corrected chi connectivity index (χ1v) is 5.43. The summed E-state index contributed by atoms with van der Waals surface area (Å²) < 4.78 is 1.49. The molecule has 0 unspecified atom stereocenters. The summed E-state index contributed by atoms with van der Waals surface area (Å²) in [5.41, 5.74) is 0.407. The number of carboxylic acid groups (broad SMARTS) is 1. The minimum absolute atomic E-state index is 0.0122. The van der Waals surface area contributed by atoms with Gasteiger partial charge < -0.3 is 10.2 Å². The molecule has 5 nitrogen and oxygen atoms in total. The summed E-state index contributed by atoms with van der Waals surface area (Å²) >= 11 is 0. The maximum atomic E-state index is 11.1. The molecule has 0 bridgehead atoms. The van der Waals surface area contributed by atoms with Gasteiger partial charge in [-0.1, -0.05) is 19.9 Å². The third-order valence-electron chi connectivity index (χ3n) is 2.50. The Labute approximate surface area is 98.3 Å². The number of nitrogens with zero attached hydrogens (tertiary/aromatic N) is 2. The molecule has 2 rings (SSSR count). The van der Waals surface area contributed by atoms with E-state index in [0.717, 1.165) is 0 Å². The first kappa shape index (κ1) is 11.4. The van der Waals surface area contributed by atoms with Gasteiger partial charge in [-0.05, 0) is 18.1 Å². The molecule has 0 spiro atoms. The van der Waals surface area contributed by atoms with Crippen molar-refractivity contribution in [1.29, 1.82) is 0 Å². The predicted molar refractivity (Wildman–Crippen MR) is 62.4 cm³/mol. The molecule has 0 saturated carbocycles. The van der Waals surface area contributed by atoms with Crippen molar-refractivity contribution in [3.63, 3.8) is 0 Å². The third-order valence-corrected chi connectivity index (χ3v) is 2.50. The van der Waals surface area contributed by atoms with Gasteiger partial charge in [0.15, 0.2) is 11.6 Å². The van der Waals surface area contributed by atoms with Gasteiger partial charge in [-0.25, -0.2) is 9.78 Å². The molecule has 0 aliphatic heterocycles. The van der Waals surface area contributed by atoms with E-state index in [2.05, 4.69) is 4.98 Å². The molecule has 17 heavy (non-hydrogen) atoms. The summed E-state index contributed by atoms with van der Waals surface area (Å²) in [4.78, 5) is 15.2. The van der Waals surface area contributed by atoms with Crippen LogP contribution in [0.25, 0.3) is 5.52 Å². The van der Waals surface area contributed by atoms with E-state index in [0.29, 0.717) is 23.7 Å². The molecule has 0 atom stereocenters. The van der Waals surface area contributed by atoms with E-state index in [1.54, 1.807) is 12.1 Å². The highest BCUT2D eigenvalue weighted by Gasteiger charge is 2.18. The van der Waals surface area contributed by atoms with Gasteiger partial charge >= 0.3 is 5.97 Å². The van der Waals surface area contributed by atoms with E-state index in [1.807, 2.05) is 13.8 Å². The second-order valence-electron chi connectivity index (χ2n) is 4.38. The smallest absolute Gasteiger partial charge is 0.356 e. The number of hydrogen-bond donors (Lipinski definition) is 2. The number of carbonyl (C=O) groups is 1. The second-order valence-corrected chi connectivity index (χ2v) is 4.38. The fraction of sp³-hybridized carbons (Fsp3) is 0.333. The largest absolute Gasteiger partial charge is 0.494 e. The molecule has 2 aromatic heterocycles. The van der Waals surface area contributed by atoms with Crippen LogP contribution in [0.4, 0.5) is 0 Å². The van der Waals surface area contributed by atoms with Gasteiger partial charge in [-0.15, -0.1) is 0 Å². The van der Waals surface area contributed by atoms with Crippen LogP contribution in [0.15, 0.2) is 18.2 Å². The molecule has 0 fully saturated rings. The van der Waals surface area contributed by atoms with Gasteiger partial charge in [0, 0.05) is 6.42 Å². The number of aromatic carboxylic acids is 1. The van der Waals surface area contributed by atoms with Crippen molar-refractivity contribution in [2.45, 2.75) is 20.3 Å². The zero-order valence-electron chi connectivity index (χ0n) is 9.71. The lowest BCUT2D eigenvalue weighted by molar-refractivity contribution is 0.0693. The van der Waals surface area contributed by atoms with E-state index >= 15 is 0 Å². The fourth-order valence-electron chi connectivity index (χ4n) is 1.85. The van der Waals surface area contributed by atoms with E-state index in [1.165, 1.54) is 10.5 Å². The Kier molecular flexibility index (Phi) is 2.75. The van der Waals surface area contributed by atoms with Gasteiger partial charge in [0.05, 0.1) is 5.52 Å². The van der Waals surface area contributed by atoms with E-state index in [9.17, 15) is 9.90 Å². The first-order valence-electron chi connectivity index (χ1n) is 5.43. The maximum Gasteiger partial charge on any atom is 0.356 e. The van der Waals surface area contributed by atoms with Gasteiger partial charge in [-0.2, -0.15) is 0 Å². The minimum Gasteiger partial charge on any atom is -0.494 e. The number of fused-ring (bicyclic) bond motifs is 1. The average Bonchev–Trinajstić information content (AvgIpc) is 2.57. The maximum absolute atomic E-state index is 11.1. The van der Waals surface area contributed by atoms with Crippen LogP contribution in [0.2, 0.25) is 0 Å². The van der Waals surface area contributed by atoms with Gasteiger partial charge in [-0.3, -0.25) is 4.40 Å². The Balaban J connectivity index is 2.71. The Morgan fingerprint density at radius 1 is 1.47 bits per heavy atom. The summed E-state index contributed by atoms with van der Waals surface area (Å²) in [7, 11) is 0. The van der Waals surface area contributed by atoms with Crippen LogP contribution in [0.5, 0.6) is 5.88 Å². The van der Waals surface area contributed by atoms with Crippen LogP contribution in [-0.2, 0) is 6.42 Å². The number of aromatic nitrogens is 2. The number of carboxylic acids is 1. The summed E-state index contributed by atoms with van der Waals surface area (Å²) in [6.07, 6.45) is 0.617. The molecule has 5 heteroatoms. The highest BCUT2D eigenvalue weighted by atomic mass is 16.4. The molecule has 2 N–H and O–H groups in total. The van der Waals surface area contributed by atoms with Crippen LogP contribution in [0.3, 0.4) is 0 Å². The lowest BCUT2D eigenvalue weighted by Gasteiger charge is -2.05. The lowest BCUT2D eigenvalue weighted by Crippen LogP contribution is -2.01. The lowest BCUT2D eigenvalue weighted by atomic mass is 10.1. The number of rotatable bonds is 3. The van der Waals surface area contributed by atoms with E-state index in [4.69, 9.17) is 5.11 Å². The predicted octanol–water partition coefficient (Wildman–Crippen LogP) is 1.94. The van der Waals surface area contributed by atoms with Crippen molar-refractivity contribution in [3.8, 4) is 5.88 Å². The molecule has 0 aromatic carbocycles. The van der Waals surface area contributed by atoms with Crippen LogP contribution in [0.1, 0.15) is 30.2 Å². The summed E-state index contributed by atoms with van der Waals surface area (Å²) in [5.74, 6) is -0.159. The molecule has 0 saturated heterocycles. The molecule has 90 valence electrons. The van der Waals surface area contributed by atoms with Crippen molar-refractivity contribution in [2.24, 2.45) is 5.92 Å². The van der Waals surface area contributed by atoms with Gasteiger partial charge in [0.25, 0.3) is 0 Å². The highest BCUT2D eigenvalue weighted by molar-refractivity contribution is 5.93. The minimum atomic E-state index is -1.08. The Morgan fingerprint density at radius 3 is 2.76 bits per heavy atom. The molecule has 0 aliphatic carbocycles. The van der Waals surface area contributed by atoms with Crippen LogP contribution >= 0.6 is 0 Å². The Hall–Kier alpha value is -2.04. The highest BCUT2D eigenvalue weighted by Crippen LogP contribution is 2.21. The Morgan fingerprint density at radius 2 is 2.18 bits per heavy atom. The van der Waals surface area contributed by atoms with Crippen LogP contribution in [0, 0.1) is 5.92 Å². The number of hydrogen-bond acceptors (Lipinski definition) is 3. The zero-order valence-corrected chi connectivity index (χ0v) is 9.71. The molecular formula is C12H14N2O3. The molecule has 0 aliphatic rings. The van der Waals surface area contributed by atoms with Crippen molar-refractivity contribution in [2.75, 3.05) is 0 Å². The number of pyridine rings is 1. The van der Waals surface area contributed by atoms with Crippen LogP contribution in [-0.4, -0.2) is 25.6 Å². The topological polar surface area (TPSA) is 74.8 Å². The molecular weight excluding hydrogens is 220 g/mol. The fourth-order valence-corrected chi connectivity index (χ4v) is 1.85. The van der Waals surface area contributed by atoms with Crippen molar-refractivity contribution in [3.05, 3.63) is 29.7 Å².